The van der Waals surface area contributed by atoms with Gasteiger partial charge in [-0.1, -0.05) is 23.2 Å². The molecule has 1 aromatic carbocycles. The lowest BCUT2D eigenvalue weighted by atomic mass is 9.83. The average molecular weight is 379 g/mol. The molecule has 0 amide bonds. The van der Waals surface area contributed by atoms with E-state index in [4.69, 9.17) is 42.8 Å². The van der Waals surface area contributed by atoms with Crippen molar-refractivity contribution in [2.24, 2.45) is 10.7 Å². The molecule has 3 heterocycles. The van der Waals surface area contributed by atoms with Gasteiger partial charge in [-0.15, -0.1) is 0 Å². The van der Waals surface area contributed by atoms with Gasteiger partial charge in [-0.25, -0.2) is 4.99 Å². The van der Waals surface area contributed by atoms with Crippen molar-refractivity contribution in [2.45, 2.75) is 12.8 Å². The van der Waals surface area contributed by atoms with Crippen LogP contribution < -0.4 is 10.5 Å². The van der Waals surface area contributed by atoms with Crippen LogP contribution in [0.2, 0.25) is 10.0 Å². The molecular formula is C17H12Cl2N2O4. The molecule has 0 radical (unpaired) electrons. The van der Waals surface area contributed by atoms with Gasteiger partial charge in [-0.2, -0.15) is 0 Å². The van der Waals surface area contributed by atoms with E-state index in [9.17, 15) is 4.79 Å². The molecule has 0 fully saturated rings. The normalized spacial score (nSPS) is 18.6. The zero-order chi connectivity index (χ0) is 17.9. The number of Topliss-reactive ketones (excluding diaryl/α,β-unsaturated/α-hetero) is 1. The lowest BCUT2D eigenvalue weighted by Gasteiger charge is -2.25. The van der Waals surface area contributed by atoms with Crippen LogP contribution in [0.5, 0.6) is 5.75 Å². The number of fused-ring (bicyclic) bond motifs is 4. The van der Waals surface area contributed by atoms with Gasteiger partial charge >= 0.3 is 0 Å². The largest absolute Gasteiger partial charge is 0.481 e. The second-order valence-corrected chi connectivity index (χ2v) is 6.52. The predicted molar refractivity (Wildman–Crippen MR) is 92.9 cm³/mol. The standard InChI is InChI=1S/C17H12Cl2N2O4/c1-6-3-10-15(24-6)14(22)11-8-4-7(18)5-9(19)13(8)21-17(23-2)12(11)16(20)25-10/h3-5,11H,20H2,1-2H3. The molecule has 2 N–H and O–H groups in total. The fourth-order valence-electron chi connectivity index (χ4n) is 3.08. The van der Waals surface area contributed by atoms with Crippen LogP contribution in [-0.2, 0) is 4.74 Å². The molecule has 6 nitrogen and oxygen atoms in total. The zero-order valence-electron chi connectivity index (χ0n) is 13.2. The van der Waals surface area contributed by atoms with Crippen LogP contribution in [0.4, 0.5) is 5.69 Å². The maximum absolute atomic E-state index is 13.2. The Bertz CT molecular complexity index is 991. The number of aliphatic imine (C=N–C) groups is 1. The molecule has 4 rings (SSSR count). The summed E-state index contributed by atoms with van der Waals surface area (Å²) in [5.41, 5.74) is 7.36. The van der Waals surface area contributed by atoms with Crippen molar-refractivity contribution in [3.8, 4) is 5.75 Å². The van der Waals surface area contributed by atoms with Gasteiger partial charge < -0.3 is 19.6 Å². The number of hydrogen-bond donors (Lipinski definition) is 1. The molecule has 2 aliphatic heterocycles. The van der Waals surface area contributed by atoms with E-state index >= 15 is 0 Å². The third kappa shape index (κ3) is 2.33. The summed E-state index contributed by atoms with van der Waals surface area (Å²) >= 11 is 12.4. The maximum Gasteiger partial charge on any atom is 0.223 e. The van der Waals surface area contributed by atoms with E-state index in [1.165, 1.54) is 7.11 Å². The first kappa shape index (κ1) is 16.1. The molecule has 0 saturated carbocycles. The average Bonchev–Trinajstić information content (AvgIpc) is 2.88. The number of ketones is 1. The Balaban J connectivity index is 2.05. The van der Waals surface area contributed by atoms with E-state index in [0.717, 1.165) is 0 Å². The van der Waals surface area contributed by atoms with Gasteiger partial charge in [0.1, 0.15) is 5.76 Å². The van der Waals surface area contributed by atoms with E-state index in [1.54, 1.807) is 25.1 Å². The summed E-state index contributed by atoms with van der Waals surface area (Å²) < 4.78 is 16.5. The Morgan fingerprint density at radius 1 is 1.28 bits per heavy atom. The number of methoxy groups -OCH3 is 1. The van der Waals surface area contributed by atoms with Crippen LogP contribution in [0.15, 0.2) is 39.1 Å². The third-order valence-corrected chi connectivity index (χ3v) is 4.59. The summed E-state index contributed by atoms with van der Waals surface area (Å²) in [7, 11) is 1.43. The number of aryl methyl sites for hydroxylation is 1. The first-order valence-corrected chi connectivity index (χ1v) is 8.10. The van der Waals surface area contributed by atoms with Crippen LogP contribution in [0.25, 0.3) is 0 Å². The molecule has 0 saturated heterocycles. The molecule has 1 unspecified atom stereocenters. The number of benzene rings is 1. The number of rotatable bonds is 0. The quantitative estimate of drug-likeness (QED) is 0.744. The third-order valence-electron chi connectivity index (χ3n) is 4.09. The van der Waals surface area contributed by atoms with E-state index < -0.39 is 5.92 Å². The van der Waals surface area contributed by atoms with Gasteiger partial charge in [0.2, 0.25) is 23.3 Å². The number of hydrogen-bond acceptors (Lipinski definition) is 6. The van der Waals surface area contributed by atoms with Crippen molar-refractivity contribution in [3.05, 3.63) is 56.8 Å². The summed E-state index contributed by atoms with van der Waals surface area (Å²) in [5, 5.41) is 0.690. The minimum absolute atomic E-state index is 0.0141. The highest BCUT2D eigenvalue weighted by atomic mass is 35.5. The van der Waals surface area contributed by atoms with Crippen molar-refractivity contribution in [1.82, 2.24) is 0 Å². The van der Waals surface area contributed by atoms with E-state index in [-0.39, 0.29) is 29.1 Å². The number of nitrogens with two attached hydrogens (primary N) is 1. The number of ether oxygens (including phenoxy) is 2. The fraction of sp³-hybridized carbons (Fsp3) is 0.176. The SMILES string of the molecule is COC1=Nc2c(Cl)cc(Cl)cc2C2C(=O)c3oc(C)cc3OC(N)=C12. The monoisotopic (exact) mass is 378 g/mol. The van der Waals surface area contributed by atoms with Crippen molar-refractivity contribution in [2.75, 3.05) is 7.11 Å². The van der Waals surface area contributed by atoms with E-state index in [1.807, 2.05) is 0 Å². The summed E-state index contributed by atoms with van der Waals surface area (Å²) in [4.78, 5) is 17.6. The number of halogens is 2. The van der Waals surface area contributed by atoms with Crippen molar-refractivity contribution in [3.63, 3.8) is 0 Å². The molecule has 25 heavy (non-hydrogen) atoms. The van der Waals surface area contributed by atoms with Crippen molar-refractivity contribution < 1.29 is 18.7 Å². The van der Waals surface area contributed by atoms with E-state index in [2.05, 4.69) is 4.99 Å². The van der Waals surface area contributed by atoms with Crippen LogP contribution in [0.1, 0.15) is 27.8 Å². The Labute approximate surface area is 152 Å². The number of carbonyl (C=O) groups is 1. The minimum atomic E-state index is -0.842. The van der Waals surface area contributed by atoms with Gasteiger partial charge in [0.05, 0.1) is 29.3 Å². The molecular weight excluding hydrogens is 367 g/mol. The number of carbonyl (C=O) groups excluding carboxylic acids is 1. The predicted octanol–water partition coefficient (Wildman–Crippen LogP) is 4.11. The molecule has 0 bridgehead atoms. The summed E-state index contributed by atoms with van der Waals surface area (Å²) in [6, 6.07) is 4.79. The lowest BCUT2D eigenvalue weighted by molar-refractivity contribution is 0.0944. The molecule has 128 valence electrons. The van der Waals surface area contributed by atoms with Crippen LogP contribution in [-0.4, -0.2) is 18.8 Å². The first-order chi connectivity index (χ1) is 11.9. The van der Waals surface area contributed by atoms with Gasteiger partial charge in [0, 0.05) is 11.1 Å². The highest BCUT2D eigenvalue weighted by molar-refractivity contribution is 6.37. The summed E-state index contributed by atoms with van der Waals surface area (Å²) in [6.07, 6.45) is 0. The minimum Gasteiger partial charge on any atom is -0.481 e. The van der Waals surface area contributed by atoms with Gasteiger partial charge in [-0.05, 0) is 24.6 Å². The van der Waals surface area contributed by atoms with Crippen LogP contribution in [0, 0.1) is 6.92 Å². The Kier molecular flexibility index (Phi) is 3.56. The van der Waals surface area contributed by atoms with Crippen LogP contribution >= 0.6 is 23.2 Å². The van der Waals surface area contributed by atoms with Gasteiger partial charge in [0.25, 0.3) is 0 Å². The highest BCUT2D eigenvalue weighted by Crippen LogP contribution is 2.48. The Hall–Kier alpha value is -2.44. The molecule has 0 aliphatic carbocycles. The molecule has 0 spiro atoms. The Morgan fingerprint density at radius 2 is 2.04 bits per heavy atom. The zero-order valence-corrected chi connectivity index (χ0v) is 14.7. The molecule has 8 heteroatoms. The number of furan rings is 1. The smallest absolute Gasteiger partial charge is 0.223 e. The van der Waals surface area contributed by atoms with Gasteiger partial charge in [-0.3, -0.25) is 4.79 Å². The number of nitrogens with zero attached hydrogens (tertiary/aromatic N) is 1. The lowest BCUT2D eigenvalue weighted by Crippen LogP contribution is -2.27. The van der Waals surface area contributed by atoms with Gasteiger partial charge in [0.15, 0.2) is 5.75 Å². The summed E-state index contributed by atoms with van der Waals surface area (Å²) in [5.74, 6) is -0.120. The second kappa shape index (κ2) is 5.54. The second-order valence-electron chi connectivity index (χ2n) is 5.67. The summed E-state index contributed by atoms with van der Waals surface area (Å²) in [6.45, 7) is 1.72. The maximum atomic E-state index is 13.2. The first-order valence-electron chi connectivity index (χ1n) is 7.34. The molecule has 1 atom stereocenters. The van der Waals surface area contributed by atoms with Crippen molar-refractivity contribution >= 4 is 40.6 Å². The van der Waals surface area contributed by atoms with E-state index in [0.29, 0.717) is 32.6 Å². The Morgan fingerprint density at radius 3 is 2.76 bits per heavy atom. The van der Waals surface area contributed by atoms with Crippen LogP contribution in [0.3, 0.4) is 0 Å². The molecule has 2 aliphatic rings. The highest BCUT2D eigenvalue weighted by Gasteiger charge is 2.43. The molecule has 2 aromatic rings. The topological polar surface area (TPSA) is 87.0 Å². The van der Waals surface area contributed by atoms with Crippen molar-refractivity contribution in [1.29, 1.82) is 0 Å². The molecule has 1 aromatic heterocycles. The fourth-order valence-corrected chi connectivity index (χ4v) is 3.63.